The molecule has 2 aromatic rings. The van der Waals surface area contributed by atoms with Crippen LogP contribution in [0.4, 0.5) is 5.69 Å². The molecule has 38 heavy (non-hydrogen) atoms. The lowest BCUT2D eigenvalue weighted by Gasteiger charge is -2.34. The van der Waals surface area contributed by atoms with E-state index in [-0.39, 0.29) is 34.2 Å². The Bertz CT molecular complexity index is 1250. The maximum absolute atomic E-state index is 13.8. The van der Waals surface area contributed by atoms with Crippen LogP contribution in [0.3, 0.4) is 0 Å². The van der Waals surface area contributed by atoms with Crippen molar-refractivity contribution in [3.8, 4) is 0 Å². The highest BCUT2D eigenvalue weighted by Gasteiger charge is 2.33. The number of nitrogens with one attached hydrogen (secondary N) is 1. The van der Waals surface area contributed by atoms with E-state index in [0.29, 0.717) is 22.0 Å². The minimum absolute atomic E-state index is 0.0369. The summed E-state index contributed by atoms with van der Waals surface area (Å²) >= 11 is 25.0. The van der Waals surface area contributed by atoms with Crippen LogP contribution < -0.4 is 9.62 Å². The fraction of sp³-hybridized carbons (Fsp3) is 0.462. The Hall–Kier alpha value is -1.71. The van der Waals surface area contributed by atoms with Gasteiger partial charge in [-0.25, -0.2) is 8.42 Å². The van der Waals surface area contributed by atoms with E-state index in [2.05, 4.69) is 5.32 Å². The smallest absolute Gasteiger partial charge is 0.244 e. The van der Waals surface area contributed by atoms with Gasteiger partial charge in [0.1, 0.15) is 12.6 Å². The third-order valence-corrected chi connectivity index (χ3v) is 9.19. The average molecular weight is 623 g/mol. The summed E-state index contributed by atoms with van der Waals surface area (Å²) < 4.78 is 26.4. The molecule has 1 fully saturated rings. The zero-order valence-electron chi connectivity index (χ0n) is 21.2. The van der Waals surface area contributed by atoms with Gasteiger partial charge in [-0.1, -0.05) is 78.7 Å². The molecule has 0 unspecified atom stereocenters. The van der Waals surface area contributed by atoms with E-state index in [9.17, 15) is 18.0 Å². The van der Waals surface area contributed by atoms with Crippen molar-refractivity contribution in [3.05, 3.63) is 62.1 Å². The van der Waals surface area contributed by atoms with Crippen molar-refractivity contribution < 1.29 is 18.0 Å². The number of carbonyl (C=O) groups excluding carboxylic acids is 2. The first-order chi connectivity index (χ1) is 17.9. The molecule has 0 heterocycles. The lowest BCUT2D eigenvalue weighted by Crippen LogP contribution is -2.54. The summed E-state index contributed by atoms with van der Waals surface area (Å²) in [5.41, 5.74) is 0.638. The van der Waals surface area contributed by atoms with E-state index in [1.54, 1.807) is 25.1 Å². The van der Waals surface area contributed by atoms with Gasteiger partial charge in [0.2, 0.25) is 21.8 Å². The molecule has 2 aromatic carbocycles. The summed E-state index contributed by atoms with van der Waals surface area (Å²) in [5, 5.41) is 4.15. The number of rotatable bonds is 10. The van der Waals surface area contributed by atoms with Crippen molar-refractivity contribution in [1.29, 1.82) is 0 Å². The molecule has 0 aliphatic heterocycles. The predicted molar refractivity (Wildman–Crippen MR) is 155 cm³/mol. The van der Waals surface area contributed by atoms with E-state index in [4.69, 9.17) is 46.4 Å². The van der Waals surface area contributed by atoms with E-state index in [1.807, 2.05) is 0 Å². The van der Waals surface area contributed by atoms with Gasteiger partial charge in [0.15, 0.2) is 0 Å². The number of nitrogens with zero attached hydrogens (tertiary/aromatic N) is 2. The SMILES string of the molecule is CC[C@H](C(=O)NC1CCCCC1)N(Cc1c(Cl)cccc1Cl)C(=O)CN(c1ccc(Cl)c(Cl)c1)S(C)(=O)=O. The number of hydrogen-bond donors (Lipinski definition) is 1. The lowest BCUT2D eigenvalue weighted by molar-refractivity contribution is -0.140. The maximum atomic E-state index is 13.8. The fourth-order valence-electron chi connectivity index (χ4n) is 4.57. The van der Waals surface area contributed by atoms with E-state index in [1.165, 1.54) is 23.1 Å². The molecule has 1 aliphatic rings. The third kappa shape index (κ3) is 7.92. The van der Waals surface area contributed by atoms with Gasteiger partial charge in [0.25, 0.3) is 0 Å². The number of benzene rings is 2. The van der Waals surface area contributed by atoms with E-state index >= 15 is 0 Å². The Balaban J connectivity index is 1.97. The summed E-state index contributed by atoms with van der Waals surface area (Å²) in [4.78, 5) is 28.6. The molecule has 7 nitrogen and oxygen atoms in total. The first-order valence-corrected chi connectivity index (χ1v) is 15.7. The Morgan fingerprint density at radius 2 is 1.61 bits per heavy atom. The van der Waals surface area contributed by atoms with Crippen LogP contribution in [0.15, 0.2) is 36.4 Å². The highest BCUT2D eigenvalue weighted by molar-refractivity contribution is 7.92. The second-order valence-electron chi connectivity index (χ2n) is 9.36. The number of amides is 2. The summed E-state index contributed by atoms with van der Waals surface area (Å²) in [7, 11) is -3.91. The molecule has 208 valence electrons. The van der Waals surface area contributed by atoms with Crippen molar-refractivity contribution >= 4 is 73.9 Å². The molecule has 3 rings (SSSR count). The van der Waals surface area contributed by atoms with Crippen LogP contribution in [0.25, 0.3) is 0 Å². The van der Waals surface area contributed by atoms with Crippen LogP contribution in [0.1, 0.15) is 51.0 Å². The van der Waals surface area contributed by atoms with Crippen molar-refractivity contribution in [2.24, 2.45) is 0 Å². The van der Waals surface area contributed by atoms with Gasteiger partial charge in [0, 0.05) is 28.2 Å². The first kappa shape index (κ1) is 30.8. The van der Waals surface area contributed by atoms with Crippen molar-refractivity contribution in [2.45, 2.75) is 64.1 Å². The molecule has 1 N–H and O–H groups in total. The van der Waals surface area contributed by atoms with E-state index in [0.717, 1.165) is 42.7 Å². The summed E-state index contributed by atoms with van der Waals surface area (Å²) in [6.07, 6.45) is 6.26. The Labute approximate surface area is 244 Å². The molecule has 0 saturated heterocycles. The van der Waals surface area contributed by atoms with Crippen LogP contribution >= 0.6 is 46.4 Å². The number of anilines is 1. The van der Waals surface area contributed by atoms with Crippen LogP contribution in [0.2, 0.25) is 20.1 Å². The molecule has 0 bridgehead atoms. The Morgan fingerprint density at radius 1 is 0.974 bits per heavy atom. The van der Waals surface area contributed by atoms with Crippen molar-refractivity contribution in [2.75, 3.05) is 17.1 Å². The third-order valence-electron chi connectivity index (χ3n) is 6.60. The maximum Gasteiger partial charge on any atom is 0.244 e. The molecule has 0 aromatic heterocycles. The molecular weight excluding hydrogens is 592 g/mol. The van der Waals surface area contributed by atoms with Crippen molar-refractivity contribution in [1.82, 2.24) is 10.2 Å². The highest BCUT2D eigenvalue weighted by atomic mass is 35.5. The molecule has 1 atom stereocenters. The minimum Gasteiger partial charge on any atom is -0.352 e. The van der Waals surface area contributed by atoms with Crippen molar-refractivity contribution in [3.63, 3.8) is 0 Å². The van der Waals surface area contributed by atoms with Gasteiger partial charge >= 0.3 is 0 Å². The zero-order chi connectivity index (χ0) is 28.0. The fourth-order valence-corrected chi connectivity index (χ4v) is 6.22. The summed E-state index contributed by atoms with van der Waals surface area (Å²) in [5.74, 6) is -0.889. The molecule has 12 heteroatoms. The molecule has 0 radical (unpaired) electrons. The standard InChI is InChI=1S/C26H31Cl4N3O4S/c1-3-24(26(35)31-17-8-5-4-6-9-17)32(15-19-20(27)10-7-11-21(19)28)25(34)16-33(38(2,36)37)18-12-13-22(29)23(30)14-18/h7,10-14,17,24H,3-6,8-9,15-16H2,1-2H3,(H,31,35)/t24-/m1/s1. The average Bonchev–Trinajstić information content (AvgIpc) is 2.85. The minimum atomic E-state index is -3.91. The van der Waals surface area contributed by atoms with Gasteiger partial charge in [-0.2, -0.15) is 0 Å². The zero-order valence-corrected chi connectivity index (χ0v) is 25.1. The molecule has 2 amide bonds. The Morgan fingerprint density at radius 3 is 2.16 bits per heavy atom. The normalized spacial score (nSPS) is 15.1. The van der Waals surface area contributed by atoms with Gasteiger partial charge < -0.3 is 10.2 Å². The van der Waals surface area contributed by atoms with Crippen LogP contribution in [0.5, 0.6) is 0 Å². The monoisotopic (exact) mass is 621 g/mol. The molecule has 0 spiro atoms. The molecule has 1 aliphatic carbocycles. The number of hydrogen-bond acceptors (Lipinski definition) is 4. The first-order valence-electron chi connectivity index (χ1n) is 12.4. The van der Waals surface area contributed by atoms with Gasteiger partial charge in [-0.3, -0.25) is 13.9 Å². The largest absolute Gasteiger partial charge is 0.352 e. The van der Waals surface area contributed by atoms with E-state index < -0.39 is 28.5 Å². The second-order valence-corrected chi connectivity index (χ2v) is 12.9. The van der Waals surface area contributed by atoms with Crippen LogP contribution in [-0.4, -0.2) is 50.0 Å². The highest BCUT2D eigenvalue weighted by Crippen LogP contribution is 2.30. The Kier molecular flexibility index (Phi) is 11.0. The van der Waals surface area contributed by atoms with Gasteiger partial charge in [-0.05, 0) is 49.6 Å². The van der Waals surface area contributed by atoms with Crippen LogP contribution in [0, 0.1) is 0 Å². The lowest BCUT2D eigenvalue weighted by atomic mass is 9.95. The van der Waals surface area contributed by atoms with Crippen LogP contribution in [-0.2, 0) is 26.2 Å². The molecule has 1 saturated carbocycles. The summed E-state index contributed by atoms with van der Waals surface area (Å²) in [6.45, 7) is 1.16. The predicted octanol–water partition coefficient (Wildman–Crippen LogP) is 6.32. The summed E-state index contributed by atoms with van der Waals surface area (Å²) in [6, 6.07) is 8.44. The second kappa shape index (κ2) is 13.6. The van der Waals surface area contributed by atoms with Gasteiger partial charge in [0.05, 0.1) is 22.0 Å². The quantitative estimate of drug-likeness (QED) is 0.336. The number of halogens is 4. The molecular formula is C26H31Cl4N3O4S. The number of carbonyl (C=O) groups is 2. The topological polar surface area (TPSA) is 86.8 Å². The number of sulfonamides is 1. The van der Waals surface area contributed by atoms with Gasteiger partial charge in [-0.15, -0.1) is 0 Å².